The Morgan fingerprint density at radius 2 is 1.95 bits per heavy atom. The summed E-state index contributed by atoms with van der Waals surface area (Å²) in [6.07, 6.45) is 0. The van der Waals surface area contributed by atoms with Crippen LogP contribution in [0.3, 0.4) is 0 Å². The van der Waals surface area contributed by atoms with Gasteiger partial charge in [0.05, 0.1) is 0 Å². The second kappa shape index (κ2) is 6.96. The van der Waals surface area contributed by atoms with E-state index in [1.165, 1.54) is 0 Å². The summed E-state index contributed by atoms with van der Waals surface area (Å²) in [6.45, 7) is 6.45. The second-order valence-corrected chi connectivity index (χ2v) is 5.75. The van der Waals surface area contributed by atoms with Gasteiger partial charge in [-0.25, -0.2) is 4.79 Å². The van der Waals surface area contributed by atoms with E-state index in [4.69, 9.17) is 9.15 Å². The van der Waals surface area contributed by atoms with E-state index >= 15 is 0 Å². The number of likely N-dealkylation sites (N-methyl/N-ethyl adjacent to an activating group) is 1. The lowest BCUT2D eigenvalue weighted by atomic mass is 10.1. The zero-order valence-electron chi connectivity index (χ0n) is 12.8. The number of halogens is 1. The zero-order chi connectivity index (χ0) is 16.3. The fourth-order valence-electron chi connectivity index (χ4n) is 2.25. The summed E-state index contributed by atoms with van der Waals surface area (Å²) in [6, 6.07) is 5.50. The maximum atomic E-state index is 12.1. The van der Waals surface area contributed by atoms with Gasteiger partial charge in [0.25, 0.3) is 5.91 Å². The minimum absolute atomic E-state index is 0.139. The third-order valence-corrected chi connectivity index (χ3v) is 4.02. The van der Waals surface area contributed by atoms with Crippen molar-refractivity contribution in [2.45, 2.75) is 20.8 Å². The minimum atomic E-state index is -0.620. The molecule has 0 saturated carbocycles. The Labute approximate surface area is 137 Å². The van der Waals surface area contributed by atoms with Crippen molar-refractivity contribution in [1.29, 1.82) is 0 Å². The molecular formula is C16H18BrNO4. The van der Waals surface area contributed by atoms with Crippen molar-refractivity contribution in [3.8, 4) is 0 Å². The van der Waals surface area contributed by atoms with Crippen LogP contribution in [0, 0.1) is 6.92 Å². The summed E-state index contributed by atoms with van der Waals surface area (Å²) in [7, 11) is 0. The Bertz CT molecular complexity index is 703. The van der Waals surface area contributed by atoms with Gasteiger partial charge in [0.2, 0.25) is 5.76 Å². The number of furan rings is 1. The van der Waals surface area contributed by atoms with Crippen LogP contribution in [-0.4, -0.2) is 36.5 Å². The van der Waals surface area contributed by atoms with E-state index in [0.29, 0.717) is 24.2 Å². The molecule has 1 amide bonds. The van der Waals surface area contributed by atoms with Gasteiger partial charge in [0.15, 0.2) is 6.61 Å². The van der Waals surface area contributed by atoms with Crippen molar-refractivity contribution in [1.82, 2.24) is 4.90 Å². The van der Waals surface area contributed by atoms with Crippen LogP contribution in [0.25, 0.3) is 11.0 Å². The third-order valence-electron chi connectivity index (χ3n) is 3.53. The van der Waals surface area contributed by atoms with Crippen LogP contribution < -0.4 is 0 Å². The molecular weight excluding hydrogens is 350 g/mol. The normalized spacial score (nSPS) is 10.7. The summed E-state index contributed by atoms with van der Waals surface area (Å²) in [5.41, 5.74) is 1.32. The van der Waals surface area contributed by atoms with E-state index in [-0.39, 0.29) is 18.3 Å². The number of benzene rings is 1. The van der Waals surface area contributed by atoms with E-state index in [1.807, 2.05) is 26.0 Å². The molecule has 0 unspecified atom stereocenters. The van der Waals surface area contributed by atoms with Crippen LogP contribution in [0.5, 0.6) is 0 Å². The maximum Gasteiger partial charge on any atom is 0.375 e. The number of rotatable bonds is 5. The summed E-state index contributed by atoms with van der Waals surface area (Å²) in [5, 5.41) is 0.844. The fourth-order valence-corrected chi connectivity index (χ4v) is 2.61. The number of hydrogen-bond acceptors (Lipinski definition) is 4. The molecule has 0 fully saturated rings. The highest BCUT2D eigenvalue weighted by atomic mass is 79.9. The van der Waals surface area contributed by atoms with Crippen LogP contribution in [0.15, 0.2) is 27.1 Å². The van der Waals surface area contributed by atoms with E-state index in [2.05, 4.69) is 15.9 Å². The van der Waals surface area contributed by atoms with Gasteiger partial charge in [-0.05, 0) is 39.0 Å². The predicted molar refractivity (Wildman–Crippen MR) is 86.9 cm³/mol. The Balaban J connectivity index is 2.13. The Hall–Kier alpha value is -1.82. The summed E-state index contributed by atoms with van der Waals surface area (Å²) in [5.74, 6) is -0.694. The van der Waals surface area contributed by atoms with Gasteiger partial charge in [-0.2, -0.15) is 0 Å². The average molecular weight is 368 g/mol. The lowest BCUT2D eigenvalue weighted by Crippen LogP contribution is -2.34. The molecule has 0 saturated heterocycles. The van der Waals surface area contributed by atoms with Gasteiger partial charge in [0, 0.05) is 28.5 Å². The monoisotopic (exact) mass is 367 g/mol. The number of amides is 1. The summed E-state index contributed by atoms with van der Waals surface area (Å²) >= 11 is 3.39. The smallest absolute Gasteiger partial charge is 0.375 e. The van der Waals surface area contributed by atoms with Crippen LogP contribution in [0.4, 0.5) is 0 Å². The third kappa shape index (κ3) is 3.32. The topological polar surface area (TPSA) is 59.8 Å². The highest BCUT2D eigenvalue weighted by molar-refractivity contribution is 9.10. The maximum absolute atomic E-state index is 12.1. The number of ether oxygens (including phenoxy) is 1. The Morgan fingerprint density at radius 3 is 2.59 bits per heavy atom. The van der Waals surface area contributed by atoms with Crippen molar-refractivity contribution in [2.75, 3.05) is 19.7 Å². The Morgan fingerprint density at radius 1 is 1.27 bits per heavy atom. The number of nitrogens with zero attached hydrogens (tertiary/aromatic N) is 1. The van der Waals surface area contributed by atoms with Gasteiger partial charge in [-0.1, -0.05) is 15.9 Å². The number of fused-ring (bicyclic) bond motifs is 1. The van der Waals surface area contributed by atoms with Crippen molar-refractivity contribution >= 4 is 38.8 Å². The van der Waals surface area contributed by atoms with E-state index < -0.39 is 5.97 Å². The van der Waals surface area contributed by atoms with Crippen molar-refractivity contribution in [2.24, 2.45) is 0 Å². The molecule has 22 heavy (non-hydrogen) atoms. The van der Waals surface area contributed by atoms with E-state index in [9.17, 15) is 9.59 Å². The van der Waals surface area contributed by atoms with E-state index in [1.54, 1.807) is 17.9 Å². The fraction of sp³-hybridized carbons (Fsp3) is 0.375. The van der Waals surface area contributed by atoms with Crippen LogP contribution in [0.2, 0.25) is 0 Å². The quantitative estimate of drug-likeness (QED) is 0.758. The van der Waals surface area contributed by atoms with Crippen LogP contribution in [0.1, 0.15) is 30.0 Å². The summed E-state index contributed by atoms with van der Waals surface area (Å²) in [4.78, 5) is 25.6. The first-order chi connectivity index (χ1) is 10.5. The molecule has 0 bridgehead atoms. The first-order valence-corrected chi connectivity index (χ1v) is 7.90. The van der Waals surface area contributed by atoms with Crippen molar-refractivity contribution in [3.63, 3.8) is 0 Å². The SMILES string of the molecule is CCN(CC)C(=O)COC(=O)c1oc2ccc(Br)cc2c1C. The minimum Gasteiger partial charge on any atom is -0.450 e. The number of esters is 1. The number of aryl methyl sites for hydroxylation is 1. The van der Waals surface area contributed by atoms with Crippen molar-refractivity contribution < 1.29 is 18.7 Å². The molecule has 2 rings (SSSR count). The molecule has 0 aliphatic carbocycles. The largest absolute Gasteiger partial charge is 0.450 e. The molecule has 5 nitrogen and oxygen atoms in total. The highest BCUT2D eigenvalue weighted by Gasteiger charge is 2.21. The lowest BCUT2D eigenvalue weighted by Gasteiger charge is -2.17. The van der Waals surface area contributed by atoms with Gasteiger partial charge in [0.1, 0.15) is 5.58 Å². The Kier molecular flexibility index (Phi) is 5.24. The van der Waals surface area contributed by atoms with Gasteiger partial charge in [-0.3, -0.25) is 4.79 Å². The predicted octanol–water partition coefficient (Wildman–Crippen LogP) is 3.53. The lowest BCUT2D eigenvalue weighted by molar-refractivity contribution is -0.134. The molecule has 0 atom stereocenters. The standard InChI is InChI=1S/C16H18BrNO4/c1-4-18(5-2)14(19)9-21-16(20)15-10(3)12-8-11(17)6-7-13(12)22-15/h6-8H,4-5,9H2,1-3H3. The first kappa shape index (κ1) is 16.5. The molecule has 0 aliphatic rings. The molecule has 0 aliphatic heterocycles. The van der Waals surface area contributed by atoms with Gasteiger partial charge >= 0.3 is 5.97 Å². The first-order valence-electron chi connectivity index (χ1n) is 7.11. The molecule has 0 N–H and O–H groups in total. The second-order valence-electron chi connectivity index (χ2n) is 4.84. The van der Waals surface area contributed by atoms with Gasteiger partial charge < -0.3 is 14.1 Å². The molecule has 1 aromatic heterocycles. The van der Waals surface area contributed by atoms with Crippen LogP contribution in [-0.2, 0) is 9.53 Å². The summed E-state index contributed by atoms with van der Waals surface area (Å²) < 4.78 is 11.5. The zero-order valence-corrected chi connectivity index (χ0v) is 14.4. The molecule has 6 heteroatoms. The number of carbonyl (C=O) groups excluding carboxylic acids is 2. The average Bonchev–Trinajstić information content (AvgIpc) is 2.83. The molecule has 118 valence electrons. The van der Waals surface area contributed by atoms with Crippen LogP contribution >= 0.6 is 15.9 Å². The number of carbonyl (C=O) groups is 2. The van der Waals surface area contributed by atoms with E-state index in [0.717, 1.165) is 9.86 Å². The molecule has 0 radical (unpaired) electrons. The molecule has 0 spiro atoms. The molecule has 1 aromatic carbocycles. The highest BCUT2D eigenvalue weighted by Crippen LogP contribution is 2.28. The molecule has 1 heterocycles. The number of hydrogen-bond donors (Lipinski definition) is 0. The van der Waals surface area contributed by atoms with Crippen molar-refractivity contribution in [3.05, 3.63) is 34.0 Å². The molecule has 2 aromatic rings. The van der Waals surface area contributed by atoms with Gasteiger partial charge in [-0.15, -0.1) is 0 Å².